The molecule has 21 heavy (non-hydrogen) atoms. The minimum Gasteiger partial charge on any atom is -0.342 e. The van der Waals surface area contributed by atoms with Crippen molar-refractivity contribution in [3.63, 3.8) is 0 Å². The number of rotatable bonds is 4. The molecule has 0 saturated carbocycles. The number of nitrogens with one attached hydrogen (secondary N) is 2. The first-order chi connectivity index (χ1) is 9.95. The van der Waals surface area contributed by atoms with Crippen LogP contribution in [0.15, 0.2) is 30.3 Å². The van der Waals surface area contributed by atoms with Crippen molar-refractivity contribution in [1.82, 2.24) is 5.32 Å². The number of carbonyl (C=O) groups excluding carboxylic acids is 2. The number of anilines is 1. The summed E-state index contributed by atoms with van der Waals surface area (Å²) in [6.07, 6.45) is 0. The van der Waals surface area contributed by atoms with Crippen LogP contribution in [0.2, 0.25) is 5.02 Å². The van der Waals surface area contributed by atoms with Gasteiger partial charge >= 0.3 is 0 Å². The maximum absolute atomic E-state index is 13.0. The van der Waals surface area contributed by atoms with Crippen molar-refractivity contribution in [1.29, 1.82) is 0 Å². The minimum atomic E-state index is -0.559. The molecule has 0 atom stereocenters. The Balaban J connectivity index is 1.87. The Labute approximate surface area is 129 Å². The Morgan fingerprint density at radius 1 is 1.29 bits per heavy atom. The van der Waals surface area contributed by atoms with E-state index < -0.39 is 11.7 Å². The highest BCUT2D eigenvalue weighted by molar-refractivity contribution is 7.13. The van der Waals surface area contributed by atoms with Crippen molar-refractivity contribution in [2.24, 2.45) is 0 Å². The van der Waals surface area contributed by atoms with Gasteiger partial charge in [-0.05, 0) is 37.3 Å². The average Bonchev–Trinajstić information content (AvgIpc) is 2.87. The molecule has 0 saturated heterocycles. The highest BCUT2D eigenvalue weighted by atomic mass is 35.5. The Kier molecular flexibility index (Phi) is 4.93. The molecule has 110 valence electrons. The van der Waals surface area contributed by atoms with Gasteiger partial charge in [0.2, 0.25) is 5.91 Å². The lowest BCUT2D eigenvalue weighted by atomic mass is 10.3. The summed E-state index contributed by atoms with van der Waals surface area (Å²) in [6.45, 7) is 1.72. The standard InChI is InChI=1S/C14H12ClFN2O2S/c1-8-2-5-12(21-8)14(20)17-7-13(19)18-9-3-4-11(16)10(15)6-9/h2-6H,7H2,1H3,(H,17,20)(H,18,19). The molecule has 2 N–H and O–H groups in total. The van der Waals surface area contributed by atoms with Gasteiger partial charge in [-0.2, -0.15) is 0 Å². The van der Waals surface area contributed by atoms with Crippen LogP contribution in [-0.2, 0) is 4.79 Å². The van der Waals surface area contributed by atoms with Crippen LogP contribution in [0.4, 0.5) is 10.1 Å². The summed E-state index contributed by atoms with van der Waals surface area (Å²) >= 11 is 6.96. The molecule has 0 bridgehead atoms. The van der Waals surface area contributed by atoms with Gasteiger partial charge in [-0.3, -0.25) is 9.59 Å². The van der Waals surface area contributed by atoms with Crippen LogP contribution < -0.4 is 10.6 Å². The maximum Gasteiger partial charge on any atom is 0.261 e. The Morgan fingerprint density at radius 2 is 2.05 bits per heavy atom. The molecule has 7 heteroatoms. The molecule has 0 aliphatic heterocycles. The lowest BCUT2D eigenvalue weighted by Crippen LogP contribution is -2.32. The number of aryl methyl sites for hydroxylation is 1. The Hall–Kier alpha value is -1.92. The zero-order valence-corrected chi connectivity index (χ0v) is 12.6. The number of hydrogen-bond donors (Lipinski definition) is 2. The quantitative estimate of drug-likeness (QED) is 0.906. The molecule has 0 aliphatic rings. The van der Waals surface area contributed by atoms with Gasteiger partial charge in [0.05, 0.1) is 16.4 Å². The summed E-state index contributed by atoms with van der Waals surface area (Å²) < 4.78 is 13.0. The third kappa shape index (κ3) is 4.27. The predicted octanol–water partition coefficient (Wildman–Crippen LogP) is 3.22. The first kappa shape index (κ1) is 15.5. The van der Waals surface area contributed by atoms with Crippen LogP contribution >= 0.6 is 22.9 Å². The number of hydrogen-bond acceptors (Lipinski definition) is 3. The molecule has 1 heterocycles. The van der Waals surface area contributed by atoms with Crippen molar-refractivity contribution < 1.29 is 14.0 Å². The number of carbonyl (C=O) groups is 2. The first-order valence-corrected chi connectivity index (χ1v) is 7.24. The SMILES string of the molecule is Cc1ccc(C(=O)NCC(=O)Nc2ccc(F)c(Cl)c2)s1. The largest absolute Gasteiger partial charge is 0.342 e. The van der Waals surface area contributed by atoms with Gasteiger partial charge in [-0.1, -0.05) is 11.6 Å². The summed E-state index contributed by atoms with van der Waals surface area (Å²) in [6, 6.07) is 7.39. The molecule has 0 radical (unpaired) electrons. The van der Waals surface area contributed by atoms with Crippen LogP contribution in [0.3, 0.4) is 0 Å². The first-order valence-electron chi connectivity index (χ1n) is 6.05. The zero-order valence-electron chi connectivity index (χ0n) is 11.1. The predicted molar refractivity (Wildman–Crippen MR) is 81.4 cm³/mol. The highest BCUT2D eigenvalue weighted by Gasteiger charge is 2.10. The van der Waals surface area contributed by atoms with E-state index in [2.05, 4.69) is 10.6 Å². The number of amides is 2. The summed E-state index contributed by atoms with van der Waals surface area (Å²) in [5.74, 6) is -1.28. The second-order valence-corrected chi connectivity index (χ2v) is 5.97. The third-order valence-electron chi connectivity index (χ3n) is 2.58. The molecule has 0 fully saturated rings. The van der Waals surface area contributed by atoms with Gasteiger partial charge < -0.3 is 10.6 Å². The summed E-state index contributed by atoms with van der Waals surface area (Å²) in [5, 5.41) is 4.95. The van der Waals surface area contributed by atoms with Crippen LogP contribution in [0.1, 0.15) is 14.5 Å². The molecule has 1 aromatic heterocycles. The molecular weight excluding hydrogens is 315 g/mol. The smallest absolute Gasteiger partial charge is 0.261 e. The second kappa shape index (κ2) is 6.69. The molecule has 2 amide bonds. The molecule has 0 aliphatic carbocycles. The van der Waals surface area contributed by atoms with E-state index in [-0.39, 0.29) is 17.5 Å². The molecule has 0 unspecified atom stereocenters. The fourth-order valence-corrected chi connectivity index (χ4v) is 2.55. The van der Waals surface area contributed by atoms with Gasteiger partial charge in [0.1, 0.15) is 5.82 Å². The fourth-order valence-electron chi connectivity index (χ4n) is 1.58. The number of thiophene rings is 1. The summed E-state index contributed by atoms with van der Waals surface area (Å²) in [5.41, 5.74) is 0.368. The van der Waals surface area contributed by atoms with E-state index in [0.717, 1.165) is 10.9 Å². The van der Waals surface area contributed by atoms with E-state index in [0.29, 0.717) is 10.6 Å². The average molecular weight is 327 g/mol. The van der Waals surface area contributed by atoms with Crippen molar-refractivity contribution >= 4 is 40.4 Å². The molecular formula is C14H12ClFN2O2S. The van der Waals surface area contributed by atoms with Crippen molar-refractivity contribution in [3.8, 4) is 0 Å². The number of benzene rings is 1. The summed E-state index contributed by atoms with van der Waals surface area (Å²) in [7, 11) is 0. The molecule has 0 spiro atoms. The van der Waals surface area contributed by atoms with Gasteiger partial charge in [-0.15, -0.1) is 11.3 Å². The topological polar surface area (TPSA) is 58.2 Å². The van der Waals surface area contributed by atoms with Crippen LogP contribution in [0.25, 0.3) is 0 Å². The Morgan fingerprint density at radius 3 is 2.67 bits per heavy atom. The van der Waals surface area contributed by atoms with Crippen LogP contribution in [0.5, 0.6) is 0 Å². The van der Waals surface area contributed by atoms with Crippen LogP contribution in [0, 0.1) is 12.7 Å². The molecule has 4 nitrogen and oxygen atoms in total. The third-order valence-corrected chi connectivity index (χ3v) is 3.87. The van der Waals surface area contributed by atoms with Gasteiger partial charge in [-0.25, -0.2) is 4.39 Å². The fraction of sp³-hybridized carbons (Fsp3) is 0.143. The normalized spacial score (nSPS) is 10.2. The van der Waals surface area contributed by atoms with Gasteiger partial charge in [0.25, 0.3) is 5.91 Å². The maximum atomic E-state index is 13.0. The lowest BCUT2D eigenvalue weighted by Gasteiger charge is -2.07. The van der Waals surface area contributed by atoms with E-state index >= 15 is 0 Å². The minimum absolute atomic E-state index is 0.0779. The monoisotopic (exact) mass is 326 g/mol. The van der Waals surface area contributed by atoms with E-state index in [1.807, 2.05) is 13.0 Å². The molecule has 2 aromatic rings. The van der Waals surface area contributed by atoms with E-state index in [1.54, 1.807) is 6.07 Å². The van der Waals surface area contributed by atoms with E-state index in [1.165, 1.54) is 23.5 Å². The molecule has 2 rings (SSSR count). The zero-order chi connectivity index (χ0) is 15.4. The molecule has 1 aromatic carbocycles. The number of halogens is 2. The van der Waals surface area contributed by atoms with Crippen molar-refractivity contribution in [3.05, 3.63) is 50.9 Å². The van der Waals surface area contributed by atoms with E-state index in [4.69, 9.17) is 11.6 Å². The van der Waals surface area contributed by atoms with Crippen LogP contribution in [-0.4, -0.2) is 18.4 Å². The van der Waals surface area contributed by atoms with Gasteiger partial charge in [0.15, 0.2) is 0 Å². The second-order valence-electron chi connectivity index (χ2n) is 4.27. The van der Waals surface area contributed by atoms with E-state index in [9.17, 15) is 14.0 Å². The Bertz CT molecular complexity index is 687. The lowest BCUT2D eigenvalue weighted by molar-refractivity contribution is -0.115. The van der Waals surface area contributed by atoms with Crippen molar-refractivity contribution in [2.75, 3.05) is 11.9 Å². The van der Waals surface area contributed by atoms with Gasteiger partial charge in [0, 0.05) is 10.6 Å². The highest BCUT2D eigenvalue weighted by Crippen LogP contribution is 2.19. The van der Waals surface area contributed by atoms with Crippen molar-refractivity contribution in [2.45, 2.75) is 6.92 Å². The summed E-state index contributed by atoms with van der Waals surface area (Å²) in [4.78, 5) is 25.0.